The minimum atomic E-state index is 0.687. The standard InChI is InChI=1S/C22H36N4O2/c1-3-23-22(25(2)9-12-28-18-19-7-8-19)24-16-20-5-4-6-21(15-20)17-26-10-13-27-14-11-26/h4-6,15,19H,3,7-14,16-18H2,1-2H3,(H,23,24). The summed E-state index contributed by atoms with van der Waals surface area (Å²) in [6.07, 6.45) is 2.68. The molecule has 0 amide bonds. The van der Waals surface area contributed by atoms with Crippen molar-refractivity contribution in [2.75, 3.05) is 59.7 Å². The van der Waals surface area contributed by atoms with Gasteiger partial charge >= 0.3 is 0 Å². The predicted molar refractivity (Wildman–Crippen MR) is 114 cm³/mol. The first-order valence-corrected chi connectivity index (χ1v) is 10.7. The van der Waals surface area contributed by atoms with Gasteiger partial charge in [0.2, 0.25) is 0 Å². The summed E-state index contributed by atoms with van der Waals surface area (Å²) in [5.74, 6) is 1.76. The lowest BCUT2D eigenvalue weighted by Gasteiger charge is -2.26. The highest BCUT2D eigenvalue weighted by Crippen LogP contribution is 2.28. The molecular weight excluding hydrogens is 352 g/mol. The quantitative estimate of drug-likeness (QED) is 0.379. The molecule has 0 atom stereocenters. The number of guanidine groups is 1. The van der Waals surface area contributed by atoms with Crippen molar-refractivity contribution in [2.45, 2.75) is 32.9 Å². The number of aliphatic imine (C=N–C) groups is 1. The van der Waals surface area contributed by atoms with Crippen molar-refractivity contribution in [1.82, 2.24) is 15.1 Å². The normalized spacial score (nSPS) is 18.3. The maximum atomic E-state index is 5.77. The Morgan fingerprint density at radius 2 is 2.07 bits per heavy atom. The number of nitrogens with one attached hydrogen (secondary N) is 1. The van der Waals surface area contributed by atoms with Gasteiger partial charge in [-0.2, -0.15) is 0 Å². The average Bonchev–Trinajstić information content (AvgIpc) is 3.54. The van der Waals surface area contributed by atoms with Crippen LogP contribution >= 0.6 is 0 Å². The predicted octanol–water partition coefficient (Wildman–Crippen LogP) is 2.34. The molecule has 28 heavy (non-hydrogen) atoms. The van der Waals surface area contributed by atoms with E-state index in [-0.39, 0.29) is 0 Å². The summed E-state index contributed by atoms with van der Waals surface area (Å²) in [4.78, 5) is 9.45. The molecule has 1 N–H and O–H groups in total. The van der Waals surface area contributed by atoms with Gasteiger partial charge in [-0.3, -0.25) is 4.90 Å². The second-order valence-electron chi connectivity index (χ2n) is 7.82. The number of morpholine rings is 1. The molecule has 0 spiro atoms. The number of hydrogen-bond acceptors (Lipinski definition) is 4. The fourth-order valence-electron chi connectivity index (χ4n) is 3.32. The molecule has 0 aromatic heterocycles. The van der Waals surface area contributed by atoms with Crippen LogP contribution in [0.4, 0.5) is 0 Å². The van der Waals surface area contributed by atoms with Gasteiger partial charge in [0, 0.05) is 46.4 Å². The Bertz CT molecular complexity index is 612. The van der Waals surface area contributed by atoms with Crippen LogP contribution < -0.4 is 5.32 Å². The van der Waals surface area contributed by atoms with Gasteiger partial charge in [0.15, 0.2) is 5.96 Å². The number of nitrogens with zero attached hydrogens (tertiary/aromatic N) is 3. The van der Waals surface area contributed by atoms with Gasteiger partial charge in [-0.05, 0) is 36.8 Å². The van der Waals surface area contributed by atoms with E-state index >= 15 is 0 Å². The molecule has 1 aromatic rings. The summed E-state index contributed by atoms with van der Waals surface area (Å²) in [6, 6.07) is 8.79. The fraction of sp³-hybridized carbons (Fsp3) is 0.682. The maximum Gasteiger partial charge on any atom is 0.194 e. The first-order chi connectivity index (χ1) is 13.7. The van der Waals surface area contributed by atoms with Crippen LogP contribution in [0.25, 0.3) is 0 Å². The van der Waals surface area contributed by atoms with Crippen LogP contribution in [0.5, 0.6) is 0 Å². The zero-order chi connectivity index (χ0) is 19.6. The van der Waals surface area contributed by atoms with Crippen LogP contribution in [0, 0.1) is 5.92 Å². The summed E-state index contributed by atoms with van der Waals surface area (Å²) in [5, 5.41) is 3.39. The Hall–Kier alpha value is -1.63. The summed E-state index contributed by atoms with van der Waals surface area (Å²) in [7, 11) is 2.08. The second-order valence-corrected chi connectivity index (χ2v) is 7.82. The number of rotatable bonds is 10. The largest absolute Gasteiger partial charge is 0.379 e. The van der Waals surface area contributed by atoms with E-state index in [9.17, 15) is 0 Å². The fourth-order valence-corrected chi connectivity index (χ4v) is 3.32. The topological polar surface area (TPSA) is 49.3 Å². The summed E-state index contributed by atoms with van der Waals surface area (Å²) < 4.78 is 11.2. The molecule has 0 radical (unpaired) electrons. The van der Waals surface area contributed by atoms with Crippen LogP contribution in [0.3, 0.4) is 0 Å². The molecule has 1 saturated heterocycles. The maximum absolute atomic E-state index is 5.77. The Morgan fingerprint density at radius 1 is 1.29 bits per heavy atom. The first kappa shape index (κ1) is 21.1. The zero-order valence-corrected chi connectivity index (χ0v) is 17.5. The molecular formula is C22H36N4O2. The Labute approximate surface area is 169 Å². The molecule has 0 bridgehead atoms. The van der Waals surface area contributed by atoms with Crippen molar-refractivity contribution in [1.29, 1.82) is 0 Å². The average molecular weight is 389 g/mol. The molecule has 6 heteroatoms. The third-order valence-electron chi connectivity index (χ3n) is 5.23. The Kier molecular flexibility index (Phi) is 8.58. The molecule has 0 unspecified atom stereocenters. The van der Waals surface area contributed by atoms with E-state index in [1.165, 1.54) is 24.0 Å². The van der Waals surface area contributed by atoms with E-state index in [1.807, 2.05) is 0 Å². The molecule has 2 aliphatic rings. The highest BCUT2D eigenvalue weighted by atomic mass is 16.5. The third-order valence-corrected chi connectivity index (χ3v) is 5.23. The molecule has 2 fully saturated rings. The number of likely N-dealkylation sites (N-methyl/N-ethyl adjacent to an activating group) is 1. The first-order valence-electron chi connectivity index (χ1n) is 10.7. The SMILES string of the molecule is CCNC(=NCc1cccc(CN2CCOCC2)c1)N(C)CCOCC1CC1. The molecule has 1 saturated carbocycles. The monoisotopic (exact) mass is 388 g/mol. The minimum absolute atomic E-state index is 0.687. The van der Waals surface area contributed by atoms with Crippen LogP contribution in [0.1, 0.15) is 30.9 Å². The molecule has 156 valence electrons. The lowest BCUT2D eigenvalue weighted by molar-refractivity contribution is 0.0342. The highest BCUT2D eigenvalue weighted by molar-refractivity contribution is 5.79. The van der Waals surface area contributed by atoms with Gasteiger partial charge in [-0.15, -0.1) is 0 Å². The van der Waals surface area contributed by atoms with Crippen LogP contribution in [0.2, 0.25) is 0 Å². The van der Waals surface area contributed by atoms with Crippen molar-refractivity contribution in [3.8, 4) is 0 Å². The molecule has 1 aliphatic heterocycles. The van der Waals surface area contributed by atoms with Gasteiger partial charge < -0.3 is 19.7 Å². The van der Waals surface area contributed by atoms with Gasteiger partial charge in [-0.25, -0.2) is 4.99 Å². The van der Waals surface area contributed by atoms with E-state index in [2.05, 4.69) is 53.4 Å². The molecule has 3 rings (SSSR count). The number of hydrogen-bond donors (Lipinski definition) is 1. The van der Waals surface area contributed by atoms with Crippen LogP contribution in [0.15, 0.2) is 29.3 Å². The van der Waals surface area contributed by atoms with E-state index in [4.69, 9.17) is 14.5 Å². The van der Waals surface area contributed by atoms with Crippen molar-refractivity contribution in [2.24, 2.45) is 10.9 Å². The molecule has 1 aromatic carbocycles. The zero-order valence-electron chi connectivity index (χ0n) is 17.5. The smallest absolute Gasteiger partial charge is 0.194 e. The highest BCUT2D eigenvalue weighted by Gasteiger charge is 2.21. The third kappa shape index (κ3) is 7.41. The van der Waals surface area contributed by atoms with Crippen molar-refractivity contribution >= 4 is 5.96 Å². The molecule has 1 aliphatic carbocycles. The van der Waals surface area contributed by atoms with Gasteiger partial charge in [0.1, 0.15) is 0 Å². The minimum Gasteiger partial charge on any atom is -0.379 e. The summed E-state index contributed by atoms with van der Waals surface area (Å²) in [6.45, 7) is 10.9. The van der Waals surface area contributed by atoms with Gasteiger partial charge in [0.05, 0.1) is 26.4 Å². The lowest BCUT2D eigenvalue weighted by Crippen LogP contribution is -2.40. The Morgan fingerprint density at radius 3 is 2.82 bits per heavy atom. The van der Waals surface area contributed by atoms with E-state index in [0.29, 0.717) is 6.54 Å². The number of benzene rings is 1. The van der Waals surface area contributed by atoms with Crippen LogP contribution in [-0.4, -0.2) is 75.4 Å². The Balaban J connectivity index is 1.50. The van der Waals surface area contributed by atoms with E-state index < -0.39 is 0 Å². The van der Waals surface area contributed by atoms with Crippen molar-refractivity contribution < 1.29 is 9.47 Å². The molecule has 6 nitrogen and oxygen atoms in total. The van der Waals surface area contributed by atoms with Crippen molar-refractivity contribution in [3.05, 3.63) is 35.4 Å². The summed E-state index contributed by atoms with van der Waals surface area (Å²) >= 11 is 0. The van der Waals surface area contributed by atoms with Crippen LogP contribution in [-0.2, 0) is 22.6 Å². The van der Waals surface area contributed by atoms with Crippen molar-refractivity contribution in [3.63, 3.8) is 0 Å². The summed E-state index contributed by atoms with van der Waals surface area (Å²) in [5.41, 5.74) is 2.60. The van der Waals surface area contributed by atoms with E-state index in [1.54, 1.807) is 0 Å². The van der Waals surface area contributed by atoms with Gasteiger partial charge in [0.25, 0.3) is 0 Å². The van der Waals surface area contributed by atoms with Gasteiger partial charge in [-0.1, -0.05) is 24.3 Å². The number of ether oxygens (including phenoxy) is 2. The van der Waals surface area contributed by atoms with E-state index in [0.717, 1.165) is 71.0 Å². The second kappa shape index (κ2) is 11.4. The lowest BCUT2D eigenvalue weighted by atomic mass is 10.1. The molecule has 1 heterocycles.